The molecule has 5 rings (SSSR count). The maximum atomic E-state index is 14.5. The molecule has 286 valence electrons. The lowest BCUT2D eigenvalue weighted by Gasteiger charge is -2.59. The van der Waals surface area contributed by atoms with E-state index >= 15 is 0 Å². The summed E-state index contributed by atoms with van der Waals surface area (Å²) in [7, 11) is 5.99. The smallest absolute Gasteiger partial charge is 0.416 e. The highest BCUT2D eigenvalue weighted by atomic mass is 19.4. The SMILES string of the molecule is CN(C)c1cc(NC(=O)Nc2cc(C(F)(F)F)cc(C(F)(F)F)c2)c(O)c2c1C[C@@]1(C)C[C@@]3(C)[C@H](N(C)C)C(=O)C(C(N)=O)=C(O)[C@@]3(O)C(=O)C1=C2O. The third kappa shape index (κ3) is 5.81. The molecule has 19 heteroatoms. The first-order valence-electron chi connectivity index (χ1n) is 15.7. The number of aliphatic hydroxyl groups excluding tert-OH is 2. The van der Waals surface area contributed by atoms with Gasteiger partial charge < -0.3 is 41.7 Å². The highest BCUT2D eigenvalue weighted by Gasteiger charge is 2.72. The van der Waals surface area contributed by atoms with Crippen molar-refractivity contribution < 1.29 is 65.9 Å². The molecule has 0 aromatic heterocycles. The second-order valence-electron chi connectivity index (χ2n) is 14.3. The molecule has 3 aliphatic rings. The van der Waals surface area contributed by atoms with Crippen molar-refractivity contribution in [3.05, 3.63) is 63.4 Å². The third-order valence-corrected chi connectivity index (χ3v) is 10.2. The van der Waals surface area contributed by atoms with Crippen LogP contribution in [0, 0.1) is 10.8 Å². The fourth-order valence-electron chi connectivity index (χ4n) is 8.18. The number of amides is 3. The fraction of sp³-hybridized carbons (Fsp3) is 0.412. The van der Waals surface area contributed by atoms with Crippen LogP contribution in [0.3, 0.4) is 0 Å². The van der Waals surface area contributed by atoms with Crippen molar-refractivity contribution in [1.82, 2.24) is 4.90 Å². The molecule has 4 atom stereocenters. The van der Waals surface area contributed by atoms with E-state index in [-0.39, 0.29) is 42.3 Å². The first-order valence-corrected chi connectivity index (χ1v) is 15.7. The van der Waals surface area contributed by atoms with E-state index in [0.29, 0.717) is 0 Å². The number of aromatic hydroxyl groups is 1. The maximum Gasteiger partial charge on any atom is 0.416 e. The van der Waals surface area contributed by atoms with Crippen molar-refractivity contribution in [2.45, 2.75) is 50.7 Å². The molecule has 3 amide bonds. The number of Topliss-reactive ketones (excluding diaryl/α,β-unsaturated/α-hetero) is 2. The van der Waals surface area contributed by atoms with E-state index < -0.39 is 115 Å². The molecule has 0 saturated heterocycles. The number of fused-ring (bicyclic) bond motifs is 3. The zero-order valence-electron chi connectivity index (χ0n) is 29.0. The standard InChI is InChI=1S/C34H35F6N5O8/c1-30-11-16-18(44(3)4)10-17(43-29(52)42-15-8-13(33(35,36)37)7-14(9-15)34(38,39)40)22(46)19(16)23(47)21(30)27(50)32(53)26(49)20(28(41)51)24(48)25(45(5)6)31(32,2)12-30/h7-10,25,46-47,49,53H,11-12H2,1-6H3,(H2,41,51)(H2,42,43,52)/t25-,30+,31+,32-/m1/s1. The zero-order valence-corrected chi connectivity index (χ0v) is 29.0. The molecule has 0 radical (unpaired) electrons. The van der Waals surface area contributed by atoms with Gasteiger partial charge in [0.15, 0.2) is 17.1 Å². The monoisotopic (exact) mass is 755 g/mol. The number of halogens is 6. The number of ketones is 2. The van der Waals surface area contributed by atoms with E-state index in [2.05, 4.69) is 5.32 Å². The summed E-state index contributed by atoms with van der Waals surface area (Å²) in [6.45, 7) is 2.92. The van der Waals surface area contributed by atoms with Gasteiger partial charge in [0.05, 0.1) is 28.4 Å². The second kappa shape index (κ2) is 12.1. The second-order valence-corrected chi connectivity index (χ2v) is 14.3. The van der Waals surface area contributed by atoms with Crippen LogP contribution in [0.25, 0.3) is 5.76 Å². The largest absolute Gasteiger partial charge is 0.508 e. The summed E-state index contributed by atoms with van der Waals surface area (Å²) in [5.41, 5.74) is -7.22. The number of nitrogens with two attached hydrogens (primary N) is 1. The molecule has 0 spiro atoms. The van der Waals surface area contributed by atoms with Crippen LogP contribution in [0.1, 0.15) is 42.5 Å². The number of nitrogens with one attached hydrogen (secondary N) is 2. The number of phenols is 1. The van der Waals surface area contributed by atoms with Crippen LogP contribution in [0.5, 0.6) is 5.75 Å². The summed E-state index contributed by atoms with van der Waals surface area (Å²) in [6, 6.07) is -1.17. The van der Waals surface area contributed by atoms with E-state index in [1.807, 2.05) is 5.32 Å². The van der Waals surface area contributed by atoms with Gasteiger partial charge in [0, 0.05) is 41.9 Å². The number of alkyl halides is 6. The number of carbonyl (C=O) groups excluding carboxylic acids is 4. The Labute approximate surface area is 297 Å². The summed E-state index contributed by atoms with van der Waals surface area (Å²) < 4.78 is 80.4. The summed E-state index contributed by atoms with van der Waals surface area (Å²) in [5, 5.41) is 50.7. The van der Waals surface area contributed by atoms with Crippen molar-refractivity contribution >= 4 is 46.3 Å². The minimum atomic E-state index is -5.21. The predicted molar refractivity (Wildman–Crippen MR) is 177 cm³/mol. The van der Waals surface area contributed by atoms with Crippen LogP contribution in [0.4, 0.5) is 48.2 Å². The van der Waals surface area contributed by atoms with Crippen molar-refractivity contribution in [2.24, 2.45) is 16.6 Å². The molecule has 13 nitrogen and oxygen atoms in total. The van der Waals surface area contributed by atoms with E-state index in [1.54, 1.807) is 21.0 Å². The van der Waals surface area contributed by atoms with Gasteiger partial charge in [0.1, 0.15) is 17.1 Å². The highest BCUT2D eigenvalue weighted by Crippen LogP contribution is 2.64. The molecular weight excluding hydrogens is 720 g/mol. The van der Waals surface area contributed by atoms with Gasteiger partial charge in [-0.05, 0) is 56.8 Å². The number of hydrogen-bond acceptors (Lipinski definition) is 10. The Morgan fingerprint density at radius 2 is 1.45 bits per heavy atom. The quantitative estimate of drug-likeness (QED) is 0.129. The summed E-state index contributed by atoms with van der Waals surface area (Å²) in [5.74, 6) is -6.81. The first-order chi connectivity index (χ1) is 24.1. The Hall–Kier alpha value is -5.30. The molecule has 53 heavy (non-hydrogen) atoms. The number of phenolic OH excluding ortho intramolecular Hbond substituents is 1. The van der Waals surface area contributed by atoms with Crippen LogP contribution >= 0.6 is 0 Å². The van der Waals surface area contributed by atoms with Crippen molar-refractivity contribution in [2.75, 3.05) is 43.7 Å². The topological polar surface area (TPSA) is 206 Å². The minimum Gasteiger partial charge on any atom is -0.508 e. The van der Waals surface area contributed by atoms with Gasteiger partial charge in [-0.1, -0.05) is 13.8 Å². The molecule has 1 saturated carbocycles. The Bertz CT molecular complexity index is 2030. The number of urea groups is 1. The highest BCUT2D eigenvalue weighted by molar-refractivity contribution is 6.25. The van der Waals surface area contributed by atoms with Gasteiger partial charge >= 0.3 is 18.4 Å². The molecule has 1 fully saturated rings. The number of rotatable bonds is 5. The van der Waals surface area contributed by atoms with Gasteiger partial charge in [-0.25, -0.2) is 4.79 Å². The van der Waals surface area contributed by atoms with Crippen molar-refractivity contribution in [3.8, 4) is 5.75 Å². The summed E-state index contributed by atoms with van der Waals surface area (Å²) in [6.07, 6.45) is -10.8. The molecule has 0 heterocycles. The summed E-state index contributed by atoms with van der Waals surface area (Å²) in [4.78, 5) is 56.3. The minimum absolute atomic E-state index is 0.131. The van der Waals surface area contributed by atoms with E-state index in [4.69, 9.17) is 5.73 Å². The molecule has 0 aliphatic heterocycles. The van der Waals surface area contributed by atoms with E-state index in [0.717, 1.165) is 0 Å². The Morgan fingerprint density at radius 1 is 0.906 bits per heavy atom. The summed E-state index contributed by atoms with van der Waals surface area (Å²) >= 11 is 0. The van der Waals surface area contributed by atoms with Gasteiger partial charge in [-0.2, -0.15) is 26.3 Å². The van der Waals surface area contributed by atoms with Crippen molar-refractivity contribution in [1.29, 1.82) is 0 Å². The van der Waals surface area contributed by atoms with Gasteiger partial charge in [-0.3, -0.25) is 19.3 Å². The molecule has 0 unspecified atom stereocenters. The average Bonchev–Trinajstić information content (AvgIpc) is 2.98. The third-order valence-electron chi connectivity index (χ3n) is 10.2. The zero-order chi connectivity index (χ0) is 40.1. The van der Waals surface area contributed by atoms with Crippen LogP contribution in [-0.2, 0) is 33.2 Å². The molecule has 2 aromatic carbocycles. The van der Waals surface area contributed by atoms with Crippen molar-refractivity contribution in [3.63, 3.8) is 0 Å². The Balaban J connectivity index is 1.66. The number of anilines is 3. The molecular formula is C34H35F6N5O8. The molecule has 2 aromatic rings. The Morgan fingerprint density at radius 3 is 1.92 bits per heavy atom. The lowest BCUT2D eigenvalue weighted by molar-refractivity contribution is -0.176. The predicted octanol–water partition coefficient (Wildman–Crippen LogP) is 4.49. The van der Waals surface area contributed by atoms with Crippen LogP contribution in [0.2, 0.25) is 0 Å². The van der Waals surface area contributed by atoms with E-state index in [1.165, 1.54) is 36.9 Å². The van der Waals surface area contributed by atoms with E-state index in [9.17, 15) is 65.9 Å². The number of hydrogen-bond donors (Lipinski definition) is 7. The maximum absolute atomic E-state index is 14.5. The van der Waals surface area contributed by atoms with Gasteiger partial charge in [-0.15, -0.1) is 0 Å². The number of carbonyl (C=O) groups is 4. The lowest BCUT2D eigenvalue weighted by Crippen LogP contribution is -2.72. The molecule has 0 bridgehead atoms. The van der Waals surface area contributed by atoms with Gasteiger partial charge in [0.2, 0.25) is 5.78 Å². The Kier molecular flexibility index (Phi) is 8.90. The number of benzene rings is 2. The lowest BCUT2D eigenvalue weighted by atomic mass is 9.46. The molecule has 3 aliphatic carbocycles. The molecule has 8 N–H and O–H groups in total. The van der Waals surface area contributed by atoms with Gasteiger partial charge in [0.25, 0.3) is 5.91 Å². The number of primary amides is 1. The van der Waals surface area contributed by atoms with Crippen LogP contribution < -0.4 is 21.3 Å². The number of nitrogens with zero attached hydrogens (tertiary/aromatic N) is 2. The fourth-order valence-corrected chi connectivity index (χ4v) is 8.18. The van der Waals surface area contributed by atoms with Crippen LogP contribution in [0.15, 0.2) is 41.2 Å². The van der Waals surface area contributed by atoms with Crippen LogP contribution in [-0.4, -0.2) is 88.7 Å². The number of aliphatic hydroxyl groups is 3. The normalized spacial score (nSPS) is 25.9. The average molecular weight is 756 g/mol. The first kappa shape index (κ1) is 38.9. The number of likely N-dealkylation sites (N-methyl/N-ethyl adjacent to an activating group) is 1.